The Bertz CT molecular complexity index is 761. The zero-order chi connectivity index (χ0) is 20.4. The predicted molar refractivity (Wildman–Crippen MR) is 108 cm³/mol. The first-order chi connectivity index (χ1) is 13.4. The molecule has 0 radical (unpaired) electrons. The van der Waals surface area contributed by atoms with Gasteiger partial charge < -0.3 is 4.74 Å². The molecule has 3 rings (SSSR count). The van der Waals surface area contributed by atoms with Gasteiger partial charge in [-0.15, -0.1) is 0 Å². The summed E-state index contributed by atoms with van der Waals surface area (Å²) in [5.74, 6) is 0.434. The standard InChI is InChI=1S/C21H29BrN2O2/c1-3-5-8-19-23-21(11-6-7-12-21)20(25)24(19)14-16-9-10-18(22)17(13-16)15-26-4-2/h9-10,13H,3-8,11-12,14-15H2,1-2H3/i14D2. The Morgan fingerprint density at radius 2 is 2.12 bits per heavy atom. The van der Waals surface area contributed by atoms with Crippen LogP contribution in [0.5, 0.6) is 0 Å². The lowest BCUT2D eigenvalue weighted by atomic mass is 9.98. The summed E-state index contributed by atoms with van der Waals surface area (Å²) in [6.07, 6.45) is 5.91. The number of carbonyl (C=O) groups is 1. The number of aliphatic imine (C=N–C) groups is 1. The van der Waals surface area contributed by atoms with Crippen LogP contribution in [0, 0.1) is 0 Å². The van der Waals surface area contributed by atoms with Crippen LogP contribution in [0.2, 0.25) is 0 Å². The summed E-state index contributed by atoms with van der Waals surface area (Å²) >= 11 is 3.51. The molecular formula is C21H29BrN2O2. The number of hydrogen-bond donors (Lipinski definition) is 0. The largest absolute Gasteiger partial charge is 0.377 e. The summed E-state index contributed by atoms with van der Waals surface area (Å²) in [5, 5.41) is 0. The van der Waals surface area contributed by atoms with E-state index < -0.39 is 12.0 Å². The van der Waals surface area contributed by atoms with E-state index >= 15 is 0 Å². The van der Waals surface area contributed by atoms with E-state index in [9.17, 15) is 4.79 Å². The number of hydrogen-bond acceptors (Lipinski definition) is 3. The first kappa shape index (κ1) is 16.9. The Labute approximate surface area is 168 Å². The van der Waals surface area contributed by atoms with E-state index in [-0.39, 0.29) is 5.91 Å². The van der Waals surface area contributed by atoms with Crippen LogP contribution in [0.1, 0.15) is 72.7 Å². The molecule has 5 heteroatoms. The first-order valence-electron chi connectivity index (χ1n) is 10.7. The second kappa shape index (κ2) is 8.66. The average Bonchev–Trinajstić information content (AvgIpc) is 3.25. The van der Waals surface area contributed by atoms with Crippen LogP contribution >= 0.6 is 15.9 Å². The molecule has 2 aliphatic rings. The fourth-order valence-electron chi connectivity index (χ4n) is 3.67. The number of amidine groups is 1. The smallest absolute Gasteiger partial charge is 0.256 e. The Morgan fingerprint density at radius 3 is 2.81 bits per heavy atom. The zero-order valence-corrected chi connectivity index (χ0v) is 17.3. The number of unbranched alkanes of at least 4 members (excludes halogenated alkanes) is 1. The molecule has 1 saturated carbocycles. The van der Waals surface area contributed by atoms with Gasteiger partial charge >= 0.3 is 0 Å². The molecular weight excluding hydrogens is 392 g/mol. The summed E-state index contributed by atoms with van der Waals surface area (Å²) in [7, 11) is 0. The molecule has 1 amide bonds. The number of halogens is 1. The molecule has 1 aromatic rings. The van der Waals surface area contributed by atoms with E-state index in [1.165, 1.54) is 4.90 Å². The predicted octanol–water partition coefficient (Wildman–Crippen LogP) is 5.23. The Morgan fingerprint density at radius 1 is 1.35 bits per heavy atom. The number of amides is 1. The van der Waals surface area contributed by atoms with Gasteiger partial charge in [0, 0.05) is 17.5 Å². The molecule has 0 unspecified atom stereocenters. The van der Waals surface area contributed by atoms with Crippen molar-refractivity contribution >= 4 is 27.7 Å². The van der Waals surface area contributed by atoms with Gasteiger partial charge in [-0.1, -0.05) is 54.2 Å². The van der Waals surface area contributed by atoms with Crippen molar-refractivity contribution in [1.82, 2.24) is 4.90 Å². The fraction of sp³-hybridized carbons (Fsp3) is 0.619. The molecule has 1 fully saturated rings. The maximum absolute atomic E-state index is 13.4. The number of rotatable bonds is 8. The molecule has 1 heterocycles. The van der Waals surface area contributed by atoms with Crippen LogP contribution in [0.25, 0.3) is 0 Å². The minimum Gasteiger partial charge on any atom is -0.377 e. The van der Waals surface area contributed by atoms with Crippen molar-refractivity contribution in [1.29, 1.82) is 0 Å². The van der Waals surface area contributed by atoms with Crippen LogP contribution in [-0.2, 0) is 22.6 Å². The molecule has 1 aromatic carbocycles. The zero-order valence-electron chi connectivity index (χ0n) is 17.7. The summed E-state index contributed by atoms with van der Waals surface area (Å²) in [5.41, 5.74) is 0.593. The lowest BCUT2D eigenvalue weighted by molar-refractivity contribution is -0.131. The third-order valence-electron chi connectivity index (χ3n) is 5.14. The highest BCUT2D eigenvalue weighted by Gasteiger charge is 2.49. The fourth-order valence-corrected chi connectivity index (χ4v) is 4.03. The van der Waals surface area contributed by atoms with Crippen LogP contribution in [0.15, 0.2) is 27.7 Å². The van der Waals surface area contributed by atoms with Gasteiger partial charge in [-0.05, 0) is 43.4 Å². The molecule has 1 aliphatic carbocycles. The van der Waals surface area contributed by atoms with Crippen molar-refractivity contribution in [2.24, 2.45) is 4.99 Å². The average molecular weight is 423 g/mol. The van der Waals surface area contributed by atoms with Crippen LogP contribution in [0.4, 0.5) is 0 Å². The number of ether oxygens (including phenoxy) is 1. The summed E-state index contributed by atoms with van der Waals surface area (Å²) in [6, 6.07) is 5.37. The number of benzene rings is 1. The Kier molecular flexibility index (Phi) is 5.64. The van der Waals surface area contributed by atoms with Crippen molar-refractivity contribution in [2.45, 2.75) is 77.4 Å². The molecule has 0 aromatic heterocycles. The molecule has 0 atom stereocenters. The number of nitrogens with zero attached hydrogens (tertiary/aromatic N) is 2. The molecule has 1 spiro atoms. The highest BCUT2D eigenvalue weighted by atomic mass is 79.9. The Balaban J connectivity index is 1.97. The van der Waals surface area contributed by atoms with E-state index in [0.29, 0.717) is 31.0 Å². The molecule has 0 N–H and O–H groups in total. The van der Waals surface area contributed by atoms with E-state index in [4.69, 9.17) is 12.5 Å². The highest BCUT2D eigenvalue weighted by Crippen LogP contribution is 2.40. The van der Waals surface area contributed by atoms with Gasteiger partial charge in [-0.2, -0.15) is 0 Å². The van der Waals surface area contributed by atoms with Gasteiger partial charge in [-0.25, -0.2) is 0 Å². The van der Waals surface area contributed by atoms with Gasteiger partial charge in [0.1, 0.15) is 11.4 Å². The monoisotopic (exact) mass is 422 g/mol. The summed E-state index contributed by atoms with van der Waals surface area (Å²) < 4.78 is 24.2. The van der Waals surface area contributed by atoms with Crippen LogP contribution in [0.3, 0.4) is 0 Å². The van der Waals surface area contributed by atoms with Crippen molar-refractivity contribution in [2.75, 3.05) is 6.61 Å². The lowest BCUT2D eigenvalue weighted by Gasteiger charge is -2.23. The first-order valence-corrected chi connectivity index (χ1v) is 10.4. The van der Waals surface area contributed by atoms with Gasteiger partial charge in [0.2, 0.25) is 0 Å². The highest BCUT2D eigenvalue weighted by molar-refractivity contribution is 9.10. The molecule has 0 saturated heterocycles. The topological polar surface area (TPSA) is 41.9 Å². The quantitative estimate of drug-likeness (QED) is 0.575. The van der Waals surface area contributed by atoms with Crippen molar-refractivity contribution in [3.8, 4) is 0 Å². The second-order valence-corrected chi connectivity index (χ2v) is 7.92. The van der Waals surface area contributed by atoms with Crippen molar-refractivity contribution in [3.05, 3.63) is 33.8 Å². The molecule has 1 aliphatic heterocycles. The third kappa shape index (κ3) is 4.04. The molecule has 142 valence electrons. The van der Waals surface area contributed by atoms with Gasteiger partial charge in [0.25, 0.3) is 5.91 Å². The van der Waals surface area contributed by atoms with Crippen LogP contribution in [-0.4, -0.2) is 28.8 Å². The van der Waals surface area contributed by atoms with Crippen molar-refractivity contribution in [3.63, 3.8) is 0 Å². The maximum atomic E-state index is 13.4. The maximum Gasteiger partial charge on any atom is 0.256 e. The Hall–Kier alpha value is -1.20. The van der Waals surface area contributed by atoms with E-state index in [0.717, 1.165) is 48.6 Å². The van der Waals surface area contributed by atoms with Crippen molar-refractivity contribution < 1.29 is 12.3 Å². The van der Waals surface area contributed by atoms with E-state index in [1.54, 1.807) is 12.1 Å². The molecule has 4 nitrogen and oxygen atoms in total. The van der Waals surface area contributed by atoms with E-state index in [1.807, 2.05) is 13.0 Å². The molecule has 0 bridgehead atoms. The summed E-state index contributed by atoms with van der Waals surface area (Å²) in [4.78, 5) is 19.6. The SMILES string of the molecule is [2H]C([2H])(c1ccc(Br)c(COCC)c1)N1C(=O)C2(CCCC2)N=C1CCCC. The molecule has 26 heavy (non-hydrogen) atoms. The minimum atomic E-state index is -1.95. The summed E-state index contributed by atoms with van der Waals surface area (Å²) in [6.45, 7) is 3.06. The van der Waals surface area contributed by atoms with Gasteiger partial charge in [0.05, 0.1) is 15.8 Å². The lowest BCUT2D eigenvalue weighted by Crippen LogP contribution is -2.40. The second-order valence-electron chi connectivity index (χ2n) is 7.07. The van der Waals surface area contributed by atoms with E-state index in [2.05, 4.69) is 22.9 Å². The van der Waals surface area contributed by atoms with Gasteiger partial charge in [0.15, 0.2) is 0 Å². The number of carbonyl (C=O) groups excluding carboxylic acids is 1. The van der Waals surface area contributed by atoms with Crippen LogP contribution < -0.4 is 0 Å². The van der Waals surface area contributed by atoms with Gasteiger partial charge in [-0.3, -0.25) is 14.7 Å². The minimum absolute atomic E-state index is 0.171. The third-order valence-corrected chi connectivity index (χ3v) is 5.91. The normalized spacial score (nSPS) is 20.5.